The van der Waals surface area contributed by atoms with Crippen LogP contribution in [0.5, 0.6) is 0 Å². The minimum Gasteiger partial charge on any atom is -0.374 e. The van der Waals surface area contributed by atoms with Crippen molar-refractivity contribution in [2.45, 2.75) is 32.4 Å². The molecule has 0 amide bonds. The van der Waals surface area contributed by atoms with Gasteiger partial charge in [0.15, 0.2) is 0 Å². The molecule has 1 unspecified atom stereocenters. The third-order valence-corrected chi connectivity index (χ3v) is 1.70. The van der Waals surface area contributed by atoms with Crippen LogP contribution in [-0.2, 0) is 4.74 Å². The van der Waals surface area contributed by atoms with Gasteiger partial charge in [0.1, 0.15) is 6.33 Å². The van der Waals surface area contributed by atoms with Crippen molar-refractivity contribution in [1.82, 2.24) is 9.97 Å². The zero-order valence-electron chi connectivity index (χ0n) is 8.90. The van der Waals surface area contributed by atoms with Crippen LogP contribution in [0, 0.1) is 0 Å². The minimum atomic E-state index is -0.159. The Kier molecular flexibility index (Phi) is 3.55. The molecule has 14 heavy (non-hydrogen) atoms. The maximum atomic E-state index is 5.90. The fraction of sp³-hybridized carbons (Fsp3) is 0.600. The molecule has 1 aromatic rings. The highest BCUT2D eigenvalue weighted by molar-refractivity contribution is 5.08. The number of rotatable bonds is 3. The van der Waals surface area contributed by atoms with Crippen LogP contribution in [0.3, 0.4) is 0 Å². The lowest BCUT2D eigenvalue weighted by Crippen LogP contribution is -2.26. The predicted molar refractivity (Wildman–Crippen MR) is 54.7 cm³/mol. The molecular formula is C10H17N3O. The second-order valence-electron chi connectivity index (χ2n) is 4.20. The first-order chi connectivity index (χ1) is 6.49. The first kappa shape index (κ1) is 11.1. The van der Waals surface area contributed by atoms with Gasteiger partial charge >= 0.3 is 0 Å². The minimum absolute atomic E-state index is 0.157. The van der Waals surface area contributed by atoms with Crippen LogP contribution in [0.2, 0.25) is 0 Å². The smallest absolute Gasteiger partial charge is 0.115 e. The molecule has 1 heterocycles. The average molecular weight is 195 g/mol. The van der Waals surface area contributed by atoms with Crippen molar-refractivity contribution >= 4 is 0 Å². The highest BCUT2D eigenvalue weighted by Crippen LogP contribution is 2.12. The summed E-state index contributed by atoms with van der Waals surface area (Å²) in [6.45, 7) is 6.49. The molecule has 0 aliphatic carbocycles. The van der Waals surface area contributed by atoms with Crippen LogP contribution in [0.25, 0.3) is 0 Å². The molecule has 0 aliphatic rings. The molecule has 78 valence electrons. The van der Waals surface area contributed by atoms with Crippen molar-refractivity contribution in [3.63, 3.8) is 0 Å². The highest BCUT2D eigenvalue weighted by atomic mass is 16.5. The van der Waals surface area contributed by atoms with Gasteiger partial charge in [-0.1, -0.05) is 0 Å². The number of nitrogens with two attached hydrogens (primary N) is 1. The van der Waals surface area contributed by atoms with Crippen molar-refractivity contribution in [2.75, 3.05) is 6.61 Å². The van der Waals surface area contributed by atoms with Crippen molar-refractivity contribution < 1.29 is 4.74 Å². The maximum Gasteiger partial charge on any atom is 0.115 e. The lowest BCUT2D eigenvalue weighted by molar-refractivity contribution is -0.0103. The van der Waals surface area contributed by atoms with Gasteiger partial charge in [-0.15, -0.1) is 0 Å². The fourth-order valence-electron chi connectivity index (χ4n) is 0.938. The zero-order chi connectivity index (χ0) is 10.6. The quantitative estimate of drug-likeness (QED) is 0.789. The van der Waals surface area contributed by atoms with Gasteiger partial charge in [-0.05, 0) is 20.8 Å². The summed E-state index contributed by atoms with van der Waals surface area (Å²) in [5.41, 5.74) is 6.64. The Hall–Kier alpha value is -1.00. The van der Waals surface area contributed by atoms with Crippen LogP contribution in [0.1, 0.15) is 32.4 Å². The van der Waals surface area contributed by atoms with E-state index in [9.17, 15) is 0 Å². The van der Waals surface area contributed by atoms with Crippen LogP contribution in [0.15, 0.2) is 18.7 Å². The Morgan fingerprint density at radius 1 is 1.36 bits per heavy atom. The topological polar surface area (TPSA) is 61.0 Å². The SMILES string of the molecule is CC(C)(C)OCC(N)c1cncnc1. The first-order valence-electron chi connectivity index (χ1n) is 4.63. The summed E-state index contributed by atoms with van der Waals surface area (Å²) in [5.74, 6) is 0. The van der Waals surface area contributed by atoms with E-state index in [-0.39, 0.29) is 11.6 Å². The van der Waals surface area contributed by atoms with Gasteiger partial charge in [-0.2, -0.15) is 0 Å². The molecule has 0 fully saturated rings. The normalized spacial score (nSPS) is 14.0. The van der Waals surface area contributed by atoms with Gasteiger partial charge in [0.25, 0.3) is 0 Å². The van der Waals surface area contributed by atoms with E-state index in [1.54, 1.807) is 12.4 Å². The fourth-order valence-corrected chi connectivity index (χ4v) is 0.938. The second-order valence-corrected chi connectivity index (χ2v) is 4.20. The van der Waals surface area contributed by atoms with Crippen LogP contribution >= 0.6 is 0 Å². The van der Waals surface area contributed by atoms with Crippen molar-refractivity contribution in [3.05, 3.63) is 24.3 Å². The number of nitrogens with zero attached hydrogens (tertiary/aromatic N) is 2. The molecule has 0 aliphatic heterocycles. The number of ether oxygens (including phenoxy) is 1. The molecule has 0 bridgehead atoms. The van der Waals surface area contributed by atoms with E-state index in [1.165, 1.54) is 6.33 Å². The lowest BCUT2D eigenvalue weighted by Gasteiger charge is -2.22. The Balaban J connectivity index is 2.48. The summed E-state index contributed by atoms with van der Waals surface area (Å²) in [6.07, 6.45) is 4.91. The van der Waals surface area contributed by atoms with Crippen molar-refractivity contribution in [1.29, 1.82) is 0 Å². The summed E-state index contributed by atoms with van der Waals surface area (Å²) in [7, 11) is 0. The van der Waals surface area contributed by atoms with E-state index in [0.29, 0.717) is 6.61 Å². The molecule has 4 heteroatoms. The molecule has 2 N–H and O–H groups in total. The summed E-state index contributed by atoms with van der Waals surface area (Å²) < 4.78 is 5.56. The largest absolute Gasteiger partial charge is 0.374 e. The van der Waals surface area contributed by atoms with E-state index in [1.807, 2.05) is 20.8 Å². The van der Waals surface area contributed by atoms with E-state index in [2.05, 4.69) is 9.97 Å². The molecular weight excluding hydrogens is 178 g/mol. The third kappa shape index (κ3) is 3.81. The van der Waals surface area contributed by atoms with E-state index < -0.39 is 0 Å². The summed E-state index contributed by atoms with van der Waals surface area (Å²) >= 11 is 0. The van der Waals surface area contributed by atoms with Gasteiger partial charge in [0, 0.05) is 18.0 Å². The van der Waals surface area contributed by atoms with Crippen LogP contribution < -0.4 is 5.73 Å². The van der Waals surface area contributed by atoms with E-state index >= 15 is 0 Å². The van der Waals surface area contributed by atoms with Gasteiger partial charge in [-0.25, -0.2) is 9.97 Å². The lowest BCUT2D eigenvalue weighted by atomic mass is 10.1. The molecule has 0 saturated carbocycles. The van der Waals surface area contributed by atoms with E-state index in [4.69, 9.17) is 10.5 Å². The highest BCUT2D eigenvalue weighted by Gasteiger charge is 2.13. The predicted octanol–water partition coefficient (Wildman–Crippen LogP) is 1.29. The molecule has 0 saturated heterocycles. The Labute approximate surface area is 84.5 Å². The summed E-state index contributed by atoms with van der Waals surface area (Å²) in [4.78, 5) is 7.81. The Bertz CT molecular complexity index is 268. The van der Waals surface area contributed by atoms with Gasteiger partial charge < -0.3 is 10.5 Å². The summed E-state index contributed by atoms with van der Waals surface area (Å²) in [5, 5.41) is 0. The zero-order valence-corrected chi connectivity index (χ0v) is 8.90. The maximum absolute atomic E-state index is 5.90. The number of aromatic nitrogens is 2. The van der Waals surface area contributed by atoms with Crippen LogP contribution in [-0.4, -0.2) is 22.2 Å². The van der Waals surface area contributed by atoms with Gasteiger partial charge in [0.05, 0.1) is 18.2 Å². The summed E-state index contributed by atoms with van der Waals surface area (Å²) in [6, 6.07) is -0.157. The molecule has 0 aromatic carbocycles. The van der Waals surface area contributed by atoms with Gasteiger partial charge in [-0.3, -0.25) is 0 Å². The van der Waals surface area contributed by atoms with Crippen LogP contribution in [0.4, 0.5) is 0 Å². The number of hydrogen-bond acceptors (Lipinski definition) is 4. The molecule has 1 atom stereocenters. The number of hydrogen-bond donors (Lipinski definition) is 1. The molecule has 1 rings (SSSR count). The molecule has 0 radical (unpaired) electrons. The molecule has 1 aromatic heterocycles. The molecule has 0 spiro atoms. The average Bonchev–Trinajstić information content (AvgIpc) is 2.14. The molecule has 4 nitrogen and oxygen atoms in total. The Morgan fingerprint density at radius 3 is 2.43 bits per heavy atom. The van der Waals surface area contributed by atoms with Gasteiger partial charge in [0.2, 0.25) is 0 Å². The second kappa shape index (κ2) is 4.48. The third-order valence-electron chi connectivity index (χ3n) is 1.70. The standard InChI is InChI=1S/C10H17N3O/c1-10(2,3)14-6-9(11)8-4-12-7-13-5-8/h4-5,7,9H,6,11H2,1-3H3. The monoisotopic (exact) mass is 195 g/mol. The van der Waals surface area contributed by atoms with E-state index in [0.717, 1.165) is 5.56 Å². The first-order valence-corrected chi connectivity index (χ1v) is 4.63. The Morgan fingerprint density at radius 2 is 1.93 bits per heavy atom. The van der Waals surface area contributed by atoms with Crippen molar-refractivity contribution in [2.24, 2.45) is 5.73 Å². The van der Waals surface area contributed by atoms with Crippen molar-refractivity contribution in [3.8, 4) is 0 Å².